The third-order valence-electron chi connectivity index (χ3n) is 1.17. The van der Waals surface area contributed by atoms with Gasteiger partial charge in [-0.2, -0.15) is 0 Å². The Morgan fingerprint density at radius 1 is 1.69 bits per heavy atom. The zero-order chi connectivity index (χ0) is 10.1. The molecule has 76 valence electrons. The molecule has 0 saturated heterocycles. The summed E-state index contributed by atoms with van der Waals surface area (Å²) >= 11 is 0. The van der Waals surface area contributed by atoms with E-state index in [4.69, 9.17) is 14.6 Å². The number of aliphatic carboxylic acids is 1. The first-order chi connectivity index (χ1) is 6.20. The van der Waals surface area contributed by atoms with Crippen LogP contribution in [-0.4, -0.2) is 44.3 Å². The van der Waals surface area contributed by atoms with Crippen LogP contribution in [0.15, 0.2) is 12.7 Å². The predicted octanol–water partition coefficient (Wildman–Crippen LogP) is 0.263. The fraction of sp³-hybridized carbons (Fsp3) is 0.625. The van der Waals surface area contributed by atoms with Gasteiger partial charge in [0.1, 0.15) is 19.5 Å². The summed E-state index contributed by atoms with van der Waals surface area (Å²) in [5, 5.41) is 8.26. The van der Waals surface area contributed by atoms with Crippen LogP contribution in [0, 0.1) is 0 Å². The lowest BCUT2D eigenvalue weighted by molar-refractivity contribution is -0.144. The monoisotopic (exact) mass is 190 g/mol. The van der Waals surface area contributed by atoms with Gasteiger partial charge in [-0.25, -0.2) is 4.79 Å². The van der Waals surface area contributed by atoms with Crippen molar-refractivity contribution in [2.75, 3.05) is 27.1 Å². The van der Waals surface area contributed by atoms with E-state index in [2.05, 4.69) is 11.3 Å². The molecule has 1 atom stereocenters. The van der Waals surface area contributed by atoms with Gasteiger partial charge in [-0.15, -0.1) is 6.58 Å². The van der Waals surface area contributed by atoms with Crippen LogP contribution in [0.5, 0.6) is 0 Å². The number of ether oxygens (including phenoxy) is 3. The predicted molar refractivity (Wildman–Crippen MR) is 45.4 cm³/mol. The number of hydrogen-bond acceptors (Lipinski definition) is 4. The molecule has 0 rings (SSSR count). The Hall–Kier alpha value is -0.910. The second-order valence-electron chi connectivity index (χ2n) is 2.26. The standard InChI is InChI=1S/C8H14O5/c1-3-7(13-6-11-2)4-12-5-8(9)10/h3,7H,1,4-6H2,2H3,(H,9,10)/t7-/m1/s1. The molecule has 0 aliphatic heterocycles. The van der Waals surface area contributed by atoms with Gasteiger partial charge < -0.3 is 19.3 Å². The summed E-state index contributed by atoms with van der Waals surface area (Å²) in [5.41, 5.74) is 0. The highest BCUT2D eigenvalue weighted by molar-refractivity contribution is 5.67. The molecular weight excluding hydrogens is 176 g/mol. The van der Waals surface area contributed by atoms with Gasteiger partial charge >= 0.3 is 5.97 Å². The molecule has 0 fully saturated rings. The van der Waals surface area contributed by atoms with Crippen molar-refractivity contribution >= 4 is 5.97 Å². The molecule has 0 unspecified atom stereocenters. The molecule has 13 heavy (non-hydrogen) atoms. The highest BCUT2D eigenvalue weighted by atomic mass is 16.7. The molecule has 1 N–H and O–H groups in total. The zero-order valence-electron chi connectivity index (χ0n) is 7.56. The van der Waals surface area contributed by atoms with E-state index in [0.29, 0.717) is 0 Å². The van der Waals surface area contributed by atoms with Crippen molar-refractivity contribution in [1.29, 1.82) is 0 Å². The van der Waals surface area contributed by atoms with Crippen molar-refractivity contribution in [3.8, 4) is 0 Å². The first-order valence-electron chi connectivity index (χ1n) is 3.73. The highest BCUT2D eigenvalue weighted by Gasteiger charge is 2.05. The molecule has 5 nitrogen and oxygen atoms in total. The van der Waals surface area contributed by atoms with Crippen molar-refractivity contribution in [1.82, 2.24) is 0 Å². The van der Waals surface area contributed by atoms with Crippen LogP contribution >= 0.6 is 0 Å². The van der Waals surface area contributed by atoms with Gasteiger partial charge in [0.2, 0.25) is 0 Å². The SMILES string of the molecule is C=C[C@H](COCC(=O)O)OCOC. The van der Waals surface area contributed by atoms with E-state index in [9.17, 15) is 4.79 Å². The minimum atomic E-state index is -1.01. The molecule has 0 aromatic heterocycles. The molecular formula is C8H14O5. The molecule has 0 amide bonds. The molecule has 0 heterocycles. The Labute approximate surface area is 76.9 Å². The Bertz CT molecular complexity index is 157. The maximum atomic E-state index is 10.1. The number of carboxylic acids is 1. The Morgan fingerprint density at radius 2 is 2.38 bits per heavy atom. The number of methoxy groups -OCH3 is 1. The lowest BCUT2D eigenvalue weighted by Crippen LogP contribution is -2.20. The van der Waals surface area contributed by atoms with Crippen LogP contribution in [-0.2, 0) is 19.0 Å². The number of carbonyl (C=O) groups is 1. The van der Waals surface area contributed by atoms with Crippen LogP contribution in [0.25, 0.3) is 0 Å². The highest BCUT2D eigenvalue weighted by Crippen LogP contribution is 1.94. The van der Waals surface area contributed by atoms with Crippen LogP contribution in [0.4, 0.5) is 0 Å². The van der Waals surface area contributed by atoms with Crippen LogP contribution in [0.1, 0.15) is 0 Å². The van der Waals surface area contributed by atoms with Gasteiger partial charge in [-0.05, 0) is 0 Å². The second-order valence-corrected chi connectivity index (χ2v) is 2.26. The molecule has 0 aliphatic rings. The molecule has 0 aromatic carbocycles. The molecule has 0 spiro atoms. The fourth-order valence-electron chi connectivity index (χ4n) is 0.602. The van der Waals surface area contributed by atoms with Crippen LogP contribution < -0.4 is 0 Å². The lowest BCUT2D eigenvalue weighted by Gasteiger charge is -2.12. The van der Waals surface area contributed by atoms with Gasteiger partial charge in [0.05, 0.1) is 6.61 Å². The van der Waals surface area contributed by atoms with Gasteiger partial charge in [0.15, 0.2) is 0 Å². The summed E-state index contributed by atoms with van der Waals surface area (Å²) in [7, 11) is 1.50. The molecule has 0 bridgehead atoms. The first-order valence-corrected chi connectivity index (χ1v) is 3.73. The number of hydrogen-bond donors (Lipinski definition) is 1. The van der Waals surface area contributed by atoms with E-state index in [1.807, 2.05) is 0 Å². The normalized spacial score (nSPS) is 12.4. The van der Waals surface area contributed by atoms with Crippen molar-refractivity contribution in [2.24, 2.45) is 0 Å². The summed E-state index contributed by atoms with van der Waals surface area (Å²) in [5.74, 6) is -1.01. The molecule has 0 radical (unpaired) electrons. The maximum absolute atomic E-state index is 10.1. The van der Waals surface area contributed by atoms with E-state index in [1.165, 1.54) is 13.2 Å². The third-order valence-corrected chi connectivity index (χ3v) is 1.17. The average molecular weight is 190 g/mol. The topological polar surface area (TPSA) is 65.0 Å². The van der Waals surface area contributed by atoms with E-state index >= 15 is 0 Å². The zero-order valence-corrected chi connectivity index (χ0v) is 7.56. The van der Waals surface area contributed by atoms with Gasteiger partial charge in [0, 0.05) is 7.11 Å². The van der Waals surface area contributed by atoms with E-state index < -0.39 is 5.97 Å². The Balaban J connectivity index is 3.47. The van der Waals surface area contributed by atoms with E-state index in [0.717, 1.165) is 0 Å². The quantitative estimate of drug-likeness (QED) is 0.439. The Morgan fingerprint density at radius 3 is 2.85 bits per heavy atom. The fourth-order valence-corrected chi connectivity index (χ4v) is 0.602. The van der Waals surface area contributed by atoms with Crippen molar-refractivity contribution < 1.29 is 24.1 Å². The molecule has 5 heteroatoms. The van der Waals surface area contributed by atoms with Gasteiger partial charge in [-0.1, -0.05) is 6.08 Å². The minimum Gasteiger partial charge on any atom is -0.480 e. The summed E-state index contributed by atoms with van der Waals surface area (Å²) in [6.45, 7) is 3.47. The Kier molecular flexibility index (Phi) is 7.18. The second kappa shape index (κ2) is 7.72. The summed E-state index contributed by atoms with van der Waals surface area (Å²) in [4.78, 5) is 10.1. The van der Waals surface area contributed by atoms with Crippen molar-refractivity contribution in [2.45, 2.75) is 6.10 Å². The third kappa shape index (κ3) is 7.45. The van der Waals surface area contributed by atoms with Crippen LogP contribution in [0.3, 0.4) is 0 Å². The smallest absolute Gasteiger partial charge is 0.329 e. The van der Waals surface area contributed by atoms with Gasteiger partial charge in [0.25, 0.3) is 0 Å². The largest absolute Gasteiger partial charge is 0.480 e. The van der Waals surface area contributed by atoms with Crippen molar-refractivity contribution in [3.63, 3.8) is 0 Å². The number of rotatable bonds is 8. The van der Waals surface area contributed by atoms with E-state index in [-0.39, 0.29) is 26.1 Å². The summed E-state index contributed by atoms with van der Waals surface area (Å²) < 4.78 is 14.5. The number of carboxylic acid groups (broad SMARTS) is 1. The average Bonchev–Trinajstić information content (AvgIpc) is 2.10. The molecule has 0 aromatic rings. The van der Waals surface area contributed by atoms with Crippen molar-refractivity contribution in [3.05, 3.63) is 12.7 Å². The minimum absolute atomic E-state index is 0.132. The van der Waals surface area contributed by atoms with E-state index in [1.54, 1.807) is 0 Å². The summed E-state index contributed by atoms with van der Waals surface area (Å²) in [6, 6.07) is 0. The van der Waals surface area contributed by atoms with Crippen LogP contribution in [0.2, 0.25) is 0 Å². The lowest BCUT2D eigenvalue weighted by atomic mass is 10.4. The molecule has 0 saturated carbocycles. The maximum Gasteiger partial charge on any atom is 0.329 e. The summed E-state index contributed by atoms with van der Waals surface area (Å²) in [6.07, 6.45) is 1.19. The van der Waals surface area contributed by atoms with Gasteiger partial charge in [-0.3, -0.25) is 0 Å². The first kappa shape index (κ1) is 12.1. The molecule has 0 aliphatic carbocycles.